The van der Waals surface area contributed by atoms with Crippen molar-refractivity contribution in [1.29, 1.82) is 0 Å². The predicted molar refractivity (Wildman–Crippen MR) is 82.7 cm³/mol. The van der Waals surface area contributed by atoms with Gasteiger partial charge in [0.25, 0.3) is 0 Å². The summed E-state index contributed by atoms with van der Waals surface area (Å²) in [5, 5.41) is 0.784. The van der Waals surface area contributed by atoms with E-state index < -0.39 is 8.80 Å². The second-order valence-corrected chi connectivity index (χ2v) is 7.18. The minimum absolute atomic E-state index is 0.635. The molecule has 2 aromatic carbocycles. The molecule has 5 heteroatoms. The molecule has 0 aliphatic rings. The molecule has 0 heterocycles. The van der Waals surface area contributed by atoms with E-state index in [0.29, 0.717) is 5.69 Å². The van der Waals surface area contributed by atoms with E-state index in [0.717, 1.165) is 16.3 Å². The largest absolute Gasteiger partial charge is 0.538 e. The Labute approximate surface area is 120 Å². The van der Waals surface area contributed by atoms with Gasteiger partial charge in [-0.15, -0.1) is 0 Å². The van der Waals surface area contributed by atoms with E-state index in [-0.39, 0.29) is 0 Å². The first-order chi connectivity index (χ1) is 9.68. The molecule has 2 aromatic rings. The zero-order valence-corrected chi connectivity index (χ0v) is 12.9. The number of anilines is 1. The molecule has 0 saturated carbocycles. The standard InChI is InChI=1S/C15H19NO3Si/c1-17-20(18-2,19-3)14-11-7-10-13(15(14)16)12-8-5-4-6-9-12/h4-11H,16H2,1-3H3. The van der Waals surface area contributed by atoms with Crippen LogP contribution in [0, 0.1) is 0 Å². The molecule has 0 fully saturated rings. The van der Waals surface area contributed by atoms with Gasteiger partial charge in [0.2, 0.25) is 0 Å². The highest BCUT2D eigenvalue weighted by atomic mass is 28.4. The summed E-state index contributed by atoms with van der Waals surface area (Å²) in [5.41, 5.74) is 8.96. The summed E-state index contributed by atoms with van der Waals surface area (Å²) in [6, 6.07) is 15.8. The first kappa shape index (κ1) is 14.7. The van der Waals surface area contributed by atoms with Gasteiger partial charge in [0.15, 0.2) is 0 Å². The molecule has 20 heavy (non-hydrogen) atoms. The Kier molecular flexibility index (Phi) is 4.56. The lowest BCUT2D eigenvalue weighted by Gasteiger charge is -2.26. The van der Waals surface area contributed by atoms with Crippen LogP contribution in [0.5, 0.6) is 0 Å². The summed E-state index contributed by atoms with van der Waals surface area (Å²) in [4.78, 5) is 0. The molecule has 0 radical (unpaired) electrons. The number of para-hydroxylation sites is 1. The third-order valence-corrected chi connectivity index (χ3v) is 6.04. The van der Waals surface area contributed by atoms with Crippen LogP contribution in [0.2, 0.25) is 0 Å². The van der Waals surface area contributed by atoms with E-state index in [4.69, 9.17) is 19.0 Å². The van der Waals surface area contributed by atoms with Crippen molar-refractivity contribution in [2.45, 2.75) is 0 Å². The zero-order valence-electron chi connectivity index (χ0n) is 11.9. The Morgan fingerprint density at radius 2 is 1.40 bits per heavy atom. The Balaban J connectivity index is 2.58. The second kappa shape index (κ2) is 6.19. The van der Waals surface area contributed by atoms with Gasteiger partial charge in [-0.3, -0.25) is 0 Å². The lowest BCUT2D eigenvalue weighted by atomic mass is 10.0. The van der Waals surface area contributed by atoms with Gasteiger partial charge < -0.3 is 19.0 Å². The fraction of sp³-hybridized carbons (Fsp3) is 0.200. The molecular formula is C15H19NO3Si. The molecular weight excluding hydrogens is 270 g/mol. The SMILES string of the molecule is CO[Si](OC)(OC)c1cccc(-c2ccccc2)c1N. The van der Waals surface area contributed by atoms with Crippen molar-refractivity contribution >= 4 is 19.7 Å². The van der Waals surface area contributed by atoms with Gasteiger partial charge in [0.05, 0.1) is 0 Å². The number of nitrogen functional groups attached to an aromatic ring is 1. The zero-order chi connectivity index (χ0) is 14.6. The summed E-state index contributed by atoms with van der Waals surface area (Å²) < 4.78 is 16.5. The van der Waals surface area contributed by atoms with Gasteiger partial charge in [0.1, 0.15) is 0 Å². The van der Waals surface area contributed by atoms with E-state index >= 15 is 0 Å². The number of hydrogen-bond donors (Lipinski definition) is 1. The Morgan fingerprint density at radius 3 is 1.95 bits per heavy atom. The molecule has 0 saturated heterocycles. The van der Waals surface area contributed by atoms with E-state index in [2.05, 4.69) is 0 Å². The Hall–Kier alpha value is -1.66. The molecule has 0 atom stereocenters. The van der Waals surface area contributed by atoms with Crippen molar-refractivity contribution < 1.29 is 13.3 Å². The molecule has 2 rings (SSSR count). The topological polar surface area (TPSA) is 53.7 Å². The van der Waals surface area contributed by atoms with Crippen molar-refractivity contribution in [1.82, 2.24) is 0 Å². The van der Waals surface area contributed by atoms with Crippen LogP contribution >= 0.6 is 0 Å². The lowest BCUT2D eigenvalue weighted by molar-refractivity contribution is 0.140. The van der Waals surface area contributed by atoms with Crippen LogP contribution < -0.4 is 10.9 Å². The smallest absolute Gasteiger partial charge is 0.398 e. The minimum atomic E-state index is -2.93. The summed E-state index contributed by atoms with van der Waals surface area (Å²) in [6.45, 7) is 0. The van der Waals surface area contributed by atoms with Gasteiger partial charge >= 0.3 is 8.80 Å². The van der Waals surface area contributed by atoms with Crippen LogP contribution in [0.4, 0.5) is 5.69 Å². The van der Waals surface area contributed by atoms with Crippen LogP contribution in [0.1, 0.15) is 0 Å². The first-order valence-corrected chi connectivity index (χ1v) is 8.01. The van der Waals surface area contributed by atoms with Crippen LogP contribution in [-0.4, -0.2) is 30.1 Å². The van der Waals surface area contributed by atoms with Crippen molar-refractivity contribution in [2.24, 2.45) is 0 Å². The van der Waals surface area contributed by atoms with E-state index in [1.54, 1.807) is 21.3 Å². The molecule has 0 aromatic heterocycles. The normalized spacial score (nSPS) is 11.6. The fourth-order valence-corrected chi connectivity index (χ4v) is 4.21. The molecule has 0 aliphatic heterocycles. The maximum absolute atomic E-state index is 6.32. The first-order valence-electron chi connectivity index (χ1n) is 6.28. The van der Waals surface area contributed by atoms with Gasteiger partial charge in [-0.1, -0.05) is 48.5 Å². The van der Waals surface area contributed by atoms with Crippen molar-refractivity contribution in [3.63, 3.8) is 0 Å². The second-order valence-electron chi connectivity index (χ2n) is 4.30. The predicted octanol–water partition coefficient (Wildman–Crippen LogP) is 2.02. The minimum Gasteiger partial charge on any atom is -0.398 e. The Morgan fingerprint density at radius 1 is 0.800 bits per heavy atom. The van der Waals surface area contributed by atoms with Gasteiger partial charge in [-0.25, -0.2) is 0 Å². The van der Waals surface area contributed by atoms with Crippen LogP contribution in [0.25, 0.3) is 11.1 Å². The third-order valence-electron chi connectivity index (χ3n) is 3.33. The number of rotatable bonds is 5. The van der Waals surface area contributed by atoms with Crippen molar-refractivity contribution in [2.75, 3.05) is 27.1 Å². The quantitative estimate of drug-likeness (QED) is 0.676. The molecule has 0 amide bonds. The lowest BCUT2D eigenvalue weighted by Crippen LogP contribution is -2.55. The van der Waals surface area contributed by atoms with Crippen LogP contribution in [0.15, 0.2) is 48.5 Å². The summed E-state index contributed by atoms with van der Waals surface area (Å²) in [7, 11) is 1.80. The third kappa shape index (κ3) is 2.48. The summed E-state index contributed by atoms with van der Waals surface area (Å²) >= 11 is 0. The van der Waals surface area contributed by atoms with Crippen molar-refractivity contribution in [3.8, 4) is 11.1 Å². The highest BCUT2D eigenvalue weighted by molar-refractivity contribution is 6.76. The molecule has 0 unspecified atom stereocenters. The van der Waals surface area contributed by atoms with Gasteiger partial charge in [-0.2, -0.15) is 0 Å². The number of benzene rings is 2. The maximum Gasteiger partial charge on any atom is 0.538 e. The van der Waals surface area contributed by atoms with Crippen molar-refractivity contribution in [3.05, 3.63) is 48.5 Å². The van der Waals surface area contributed by atoms with Gasteiger partial charge in [0, 0.05) is 37.8 Å². The molecule has 2 N–H and O–H groups in total. The monoisotopic (exact) mass is 289 g/mol. The van der Waals surface area contributed by atoms with E-state index in [1.165, 1.54) is 0 Å². The maximum atomic E-state index is 6.32. The Bertz CT molecular complexity index is 562. The van der Waals surface area contributed by atoms with Crippen LogP contribution in [0.3, 0.4) is 0 Å². The highest BCUT2D eigenvalue weighted by Gasteiger charge is 2.42. The summed E-state index contributed by atoms with van der Waals surface area (Å²) in [6.07, 6.45) is 0. The number of hydrogen-bond acceptors (Lipinski definition) is 4. The average Bonchev–Trinajstić information content (AvgIpc) is 2.52. The fourth-order valence-electron chi connectivity index (χ4n) is 2.28. The summed E-state index contributed by atoms with van der Waals surface area (Å²) in [5.74, 6) is 0. The van der Waals surface area contributed by atoms with E-state index in [1.807, 2.05) is 48.5 Å². The van der Waals surface area contributed by atoms with Gasteiger partial charge in [-0.05, 0) is 5.56 Å². The molecule has 4 nitrogen and oxygen atoms in total. The molecule has 0 spiro atoms. The number of nitrogens with two attached hydrogens (primary N) is 1. The molecule has 106 valence electrons. The molecule has 0 aliphatic carbocycles. The van der Waals surface area contributed by atoms with Crippen LogP contribution in [-0.2, 0) is 13.3 Å². The molecule has 0 bridgehead atoms. The van der Waals surface area contributed by atoms with E-state index in [9.17, 15) is 0 Å². The highest BCUT2D eigenvalue weighted by Crippen LogP contribution is 2.26. The average molecular weight is 289 g/mol.